The van der Waals surface area contributed by atoms with E-state index in [0.717, 1.165) is 5.56 Å². The van der Waals surface area contributed by atoms with Crippen LogP contribution in [0, 0.1) is 0 Å². The van der Waals surface area contributed by atoms with Gasteiger partial charge in [-0.05, 0) is 23.3 Å². The van der Waals surface area contributed by atoms with E-state index in [4.69, 9.17) is 9.84 Å². The van der Waals surface area contributed by atoms with Crippen molar-refractivity contribution in [2.75, 3.05) is 0 Å². The van der Waals surface area contributed by atoms with Crippen molar-refractivity contribution in [3.05, 3.63) is 65.7 Å². The molecule has 0 radical (unpaired) electrons. The van der Waals surface area contributed by atoms with Crippen molar-refractivity contribution in [1.29, 1.82) is 0 Å². The summed E-state index contributed by atoms with van der Waals surface area (Å²) < 4.78 is 42.4. The third-order valence-electron chi connectivity index (χ3n) is 2.75. The molecule has 0 bridgehead atoms. The lowest BCUT2D eigenvalue weighted by molar-refractivity contribution is -0.206. The monoisotopic (exact) mass is 282 g/mol. The second-order valence-electron chi connectivity index (χ2n) is 4.29. The van der Waals surface area contributed by atoms with Crippen LogP contribution in [-0.2, 0) is 6.61 Å². The fourth-order valence-electron chi connectivity index (χ4n) is 1.68. The Morgan fingerprint density at radius 1 is 0.950 bits per heavy atom. The minimum atomic E-state index is -4.66. The van der Waals surface area contributed by atoms with E-state index in [1.54, 1.807) is 0 Å². The number of alkyl halides is 3. The van der Waals surface area contributed by atoms with Crippen molar-refractivity contribution < 1.29 is 23.0 Å². The lowest BCUT2D eigenvalue weighted by Crippen LogP contribution is -2.19. The van der Waals surface area contributed by atoms with E-state index in [0.29, 0.717) is 12.4 Å². The van der Waals surface area contributed by atoms with Crippen LogP contribution in [0.15, 0.2) is 54.6 Å². The van der Waals surface area contributed by atoms with Crippen LogP contribution in [0.3, 0.4) is 0 Å². The van der Waals surface area contributed by atoms with Crippen LogP contribution >= 0.6 is 0 Å². The average Bonchev–Trinajstić information content (AvgIpc) is 2.45. The second kappa shape index (κ2) is 5.96. The van der Waals surface area contributed by atoms with Gasteiger partial charge in [0.2, 0.25) is 0 Å². The summed E-state index contributed by atoms with van der Waals surface area (Å²) in [4.78, 5) is 0. The highest BCUT2D eigenvalue weighted by Crippen LogP contribution is 2.33. The summed E-state index contributed by atoms with van der Waals surface area (Å²) in [7, 11) is 0. The van der Waals surface area contributed by atoms with Gasteiger partial charge in [0.15, 0.2) is 6.10 Å². The molecule has 2 aromatic carbocycles. The Hall–Kier alpha value is -2.01. The van der Waals surface area contributed by atoms with Gasteiger partial charge in [-0.25, -0.2) is 0 Å². The van der Waals surface area contributed by atoms with Crippen LogP contribution in [0.2, 0.25) is 0 Å². The average molecular weight is 282 g/mol. The van der Waals surface area contributed by atoms with E-state index < -0.39 is 12.3 Å². The molecule has 0 aromatic heterocycles. The molecule has 2 nitrogen and oxygen atoms in total. The van der Waals surface area contributed by atoms with Gasteiger partial charge in [0.25, 0.3) is 0 Å². The zero-order chi connectivity index (χ0) is 14.6. The van der Waals surface area contributed by atoms with Gasteiger partial charge in [0, 0.05) is 0 Å². The first-order valence-electron chi connectivity index (χ1n) is 5.98. The molecule has 0 unspecified atom stereocenters. The highest BCUT2D eigenvalue weighted by Gasteiger charge is 2.39. The molecule has 0 amide bonds. The van der Waals surface area contributed by atoms with Gasteiger partial charge < -0.3 is 9.84 Å². The molecule has 0 saturated heterocycles. The highest BCUT2D eigenvalue weighted by atomic mass is 19.4. The van der Waals surface area contributed by atoms with Crippen LogP contribution in [0.5, 0.6) is 5.75 Å². The summed E-state index contributed by atoms with van der Waals surface area (Å²) in [5, 5.41) is 9.09. The predicted octanol–water partition coefficient (Wildman–Crippen LogP) is 3.86. The minimum Gasteiger partial charge on any atom is -0.489 e. The summed E-state index contributed by atoms with van der Waals surface area (Å²) in [6, 6.07) is 14.7. The smallest absolute Gasteiger partial charge is 0.418 e. The number of hydrogen-bond acceptors (Lipinski definition) is 2. The van der Waals surface area contributed by atoms with Crippen LogP contribution < -0.4 is 4.74 Å². The predicted molar refractivity (Wildman–Crippen MR) is 68.2 cm³/mol. The summed E-state index contributed by atoms with van der Waals surface area (Å²) in [5.41, 5.74) is 0.761. The lowest BCUT2D eigenvalue weighted by atomic mass is 10.1. The molecule has 106 valence electrons. The van der Waals surface area contributed by atoms with Crippen molar-refractivity contribution in [3.63, 3.8) is 0 Å². The maximum absolute atomic E-state index is 12.3. The molecule has 0 saturated carbocycles. The third kappa shape index (κ3) is 3.74. The molecule has 2 rings (SSSR count). The molecule has 1 atom stereocenters. The Bertz CT molecular complexity index is 535. The van der Waals surface area contributed by atoms with Crippen molar-refractivity contribution in [2.45, 2.75) is 18.9 Å². The van der Waals surface area contributed by atoms with E-state index in [-0.39, 0.29) is 5.56 Å². The zero-order valence-corrected chi connectivity index (χ0v) is 10.5. The summed E-state index contributed by atoms with van der Waals surface area (Å²) >= 11 is 0. The van der Waals surface area contributed by atoms with Crippen molar-refractivity contribution in [2.24, 2.45) is 0 Å². The van der Waals surface area contributed by atoms with Gasteiger partial charge in [-0.1, -0.05) is 42.5 Å². The van der Waals surface area contributed by atoms with Gasteiger partial charge >= 0.3 is 6.18 Å². The molecular weight excluding hydrogens is 269 g/mol. The van der Waals surface area contributed by atoms with E-state index in [9.17, 15) is 13.2 Å². The number of halogens is 3. The first-order chi connectivity index (χ1) is 9.47. The van der Waals surface area contributed by atoms with Crippen molar-refractivity contribution in [3.8, 4) is 5.75 Å². The van der Waals surface area contributed by atoms with Crippen molar-refractivity contribution >= 4 is 0 Å². The Labute approximate surface area is 114 Å². The molecule has 1 N–H and O–H groups in total. The van der Waals surface area contributed by atoms with Gasteiger partial charge in [-0.15, -0.1) is 0 Å². The van der Waals surface area contributed by atoms with Crippen molar-refractivity contribution in [1.82, 2.24) is 0 Å². The number of aliphatic hydroxyl groups excluding tert-OH is 1. The van der Waals surface area contributed by atoms with Crippen LogP contribution in [0.25, 0.3) is 0 Å². The van der Waals surface area contributed by atoms with Gasteiger partial charge in [-0.2, -0.15) is 13.2 Å². The molecule has 0 fully saturated rings. The SMILES string of the molecule is O[C@H](c1ccc(OCc2ccccc2)cc1)C(F)(F)F. The molecule has 2 aromatic rings. The van der Waals surface area contributed by atoms with E-state index in [2.05, 4.69) is 0 Å². The van der Waals surface area contributed by atoms with E-state index in [1.807, 2.05) is 30.3 Å². The first-order valence-corrected chi connectivity index (χ1v) is 5.98. The quantitative estimate of drug-likeness (QED) is 0.922. The van der Waals surface area contributed by atoms with E-state index >= 15 is 0 Å². The maximum Gasteiger partial charge on any atom is 0.418 e. The van der Waals surface area contributed by atoms with Gasteiger partial charge in [0.1, 0.15) is 12.4 Å². The number of aliphatic hydroxyl groups is 1. The molecule has 0 aliphatic heterocycles. The Morgan fingerprint density at radius 2 is 1.55 bits per heavy atom. The van der Waals surface area contributed by atoms with Gasteiger partial charge in [0.05, 0.1) is 0 Å². The van der Waals surface area contributed by atoms with Crippen LogP contribution in [-0.4, -0.2) is 11.3 Å². The summed E-state index contributed by atoms with van der Waals surface area (Å²) in [6.45, 7) is 0.335. The van der Waals surface area contributed by atoms with Crippen LogP contribution in [0.1, 0.15) is 17.2 Å². The zero-order valence-electron chi connectivity index (χ0n) is 10.5. The Balaban J connectivity index is 1.98. The fraction of sp³-hybridized carbons (Fsp3) is 0.200. The lowest BCUT2D eigenvalue weighted by Gasteiger charge is -2.15. The Morgan fingerprint density at radius 3 is 2.10 bits per heavy atom. The maximum atomic E-state index is 12.3. The number of ether oxygens (including phenoxy) is 1. The van der Waals surface area contributed by atoms with Crippen LogP contribution in [0.4, 0.5) is 13.2 Å². The summed E-state index contributed by atoms with van der Waals surface area (Å²) in [5.74, 6) is 0.451. The highest BCUT2D eigenvalue weighted by molar-refractivity contribution is 5.29. The standard InChI is InChI=1S/C15H13F3O2/c16-15(17,18)14(19)12-6-8-13(9-7-12)20-10-11-4-2-1-3-5-11/h1-9,14,19H,10H2/t14-/m1/s1. The summed E-state index contributed by atoms with van der Waals surface area (Å²) in [6.07, 6.45) is -7.13. The molecule has 5 heteroatoms. The topological polar surface area (TPSA) is 29.5 Å². The minimum absolute atomic E-state index is 0.204. The normalized spacial score (nSPS) is 13.0. The first kappa shape index (κ1) is 14.4. The molecule has 0 heterocycles. The molecule has 0 aliphatic rings. The molecule has 0 spiro atoms. The second-order valence-corrected chi connectivity index (χ2v) is 4.29. The molecule has 20 heavy (non-hydrogen) atoms. The molecular formula is C15H13F3O2. The number of benzene rings is 2. The third-order valence-corrected chi connectivity index (χ3v) is 2.75. The number of hydrogen-bond donors (Lipinski definition) is 1. The largest absolute Gasteiger partial charge is 0.489 e. The van der Waals surface area contributed by atoms with Gasteiger partial charge in [-0.3, -0.25) is 0 Å². The fourth-order valence-corrected chi connectivity index (χ4v) is 1.68. The molecule has 0 aliphatic carbocycles. The number of rotatable bonds is 4. The van der Waals surface area contributed by atoms with E-state index in [1.165, 1.54) is 24.3 Å². The Kier molecular flexibility index (Phi) is 4.29.